The smallest absolute Gasteiger partial charge is 0.335 e. The van der Waals surface area contributed by atoms with Crippen molar-refractivity contribution < 1.29 is 14.6 Å². The van der Waals surface area contributed by atoms with Gasteiger partial charge >= 0.3 is 17.3 Å². The highest BCUT2D eigenvalue weighted by molar-refractivity contribution is 5.72. The van der Waals surface area contributed by atoms with E-state index in [1.165, 1.54) is 4.57 Å². The summed E-state index contributed by atoms with van der Waals surface area (Å²) in [4.78, 5) is 44.0. The summed E-state index contributed by atoms with van der Waals surface area (Å²) in [6.07, 6.45) is 0.0191. The third kappa shape index (κ3) is 6.07. The van der Waals surface area contributed by atoms with Crippen LogP contribution < -0.4 is 27.5 Å². The van der Waals surface area contributed by atoms with Crippen LogP contribution in [0, 0.1) is 6.92 Å². The topological polar surface area (TPSA) is 145 Å². The summed E-state index contributed by atoms with van der Waals surface area (Å²) in [6.45, 7) is 5.43. The van der Waals surface area contributed by atoms with Gasteiger partial charge in [-0.1, -0.05) is 29.8 Å². The number of nitrogens with zero attached hydrogens (tertiary/aromatic N) is 3. The molecule has 0 spiro atoms. The molecule has 3 aromatic rings. The van der Waals surface area contributed by atoms with Crippen LogP contribution in [0.5, 0.6) is 5.75 Å². The Labute approximate surface area is 189 Å². The third-order valence-corrected chi connectivity index (χ3v) is 4.78. The van der Waals surface area contributed by atoms with Crippen LogP contribution in [0.4, 0.5) is 5.69 Å². The van der Waals surface area contributed by atoms with Crippen LogP contribution in [0.2, 0.25) is 0 Å². The molecule has 0 aliphatic carbocycles. The van der Waals surface area contributed by atoms with Gasteiger partial charge in [-0.15, -0.1) is 0 Å². The fraction of sp³-hybridized carbons (Fsp3) is 0.304. The normalized spacial score (nSPS) is 12.7. The van der Waals surface area contributed by atoms with E-state index in [4.69, 9.17) is 15.6 Å². The molecule has 0 saturated carbocycles. The molecule has 0 aliphatic heterocycles. The molecule has 0 aliphatic rings. The average molecular weight is 453 g/mol. The van der Waals surface area contributed by atoms with E-state index in [9.17, 15) is 14.4 Å². The highest BCUT2D eigenvalue weighted by atomic mass is 16.5. The van der Waals surface area contributed by atoms with Crippen LogP contribution in [0.3, 0.4) is 0 Å². The van der Waals surface area contributed by atoms with Gasteiger partial charge in [-0.05, 0) is 50.6 Å². The van der Waals surface area contributed by atoms with Crippen LogP contribution in [0.25, 0.3) is 0 Å². The van der Waals surface area contributed by atoms with Crippen molar-refractivity contribution >= 4 is 11.7 Å². The molecule has 3 rings (SSSR count). The Hall–Kier alpha value is -3.92. The minimum Gasteiger partial charge on any atom is -0.491 e. The number of benzene rings is 2. The number of aromatic amines is 1. The number of nitrogens with two attached hydrogens (primary N) is 1. The summed E-state index contributed by atoms with van der Waals surface area (Å²) >= 11 is 0. The van der Waals surface area contributed by atoms with Gasteiger partial charge in [0.2, 0.25) is 5.62 Å². The molecule has 2 aromatic carbocycles. The van der Waals surface area contributed by atoms with Gasteiger partial charge < -0.3 is 15.6 Å². The largest absolute Gasteiger partial charge is 0.491 e. The van der Waals surface area contributed by atoms with E-state index in [0.717, 1.165) is 15.7 Å². The Balaban J connectivity index is 2.12. The standard InChI is InChI=1S/C23H27N5O5/c1-14(2)33-18-10-8-17(9-11-18)25-21-26-22(31)28(13-19(24)20(29)30)23(32)27(21)12-16-6-4-15(3)5-7-16/h4-11,14,19H,12-13,24H2,1-3H3,(H,29,30)(H,25,26,31)/t19-/m1/s1. The molecule has 0 unspecified atom stereocenters. The van der Waals surface area contributed by atoms with E-state index in [1.807, 2.05) is 45.0 Å². The van der Waals surface area contributed by atoms with Crippen LogP contribution >= 0.6 is 0 Å². The minimum absolute atomic E-state index is 0.0191. The molecule has 0 fully saturated rings. The number of aryl methyl sites for hydroxylation is 1. The molecule has 0 saturated heterocycles. The first-order chi connectivity index (χ1) is 15.6. The number of aliphatic carboxylic acids is 1. The number of ether oxygens (including phenoxy) is 1. The van der Waals surface area contributed by atoms with Crippen molar-refractivity contribution in [3.8, 4) is 5.75 Å². The average Bonchev–Trinajstić information content (AvgIpc) is 2.76. The quantitative estimate of drug-likeness (QED) is 0.466. The first-order valence-electron chi connectivity index (χ1n) is 10.4. The van der Waals surface area contributed by atoms with E-state index in [0.29, 0.717) is 11.4 Å². The van der Waals surface area contributed by atoms with Gasteiger partial charge in [0, 0.05) is 0 Å². The predicted octanol–water partition coefficient (Wildman–Crippen LogP) is 1.13. The maximum absolute atomic E-state index is 13.2. The Morgan fingerprint density at radius 2 is 1.73 bits per heavy atom. The second-order valence-corrected chi connectivity index (χ2v) is 7.94. The lowest BCUT2D eigenvalue weighted by Crippen LogP contribution is -2.53. The maximum atomic E-state index is 13.2. The van der Waals surface area contributed by atoms with Crippen molar-refractivity contribution in [2.24, 2.45) is 10.7 Å². The number of hydrogen-bond donors (Lipinski definition) is 3. The van der Waals surface area contributed by atoms with Gasteiger partial charge in [-0.3, -0.25) is 14.3 Å². The number of aromatic nitrogens is 3. The molecular formula is C23H27N5O5. The molecule has 10 heteroatoms. The SMILES string of the molecule is Cc1ccc(Cn2c(=O)n(C[C@@H](N)C(=O)O)c(=O)[nH]/c2=N\c2ccc(OC(C)C)cc2)cc1. The molecule has 0 radical (unpaired) electrons. The first-order valence-corrected chi connectivity index (χ1v) is 10.4. The van der Waals surface area contributed by atoms with Gasteiger partial charge in [0.1, 0.15) is 11.8 Å². The summed E-state index contributed by atoms with van der Waals surface area (Å²) in [6, 6.07) is 13.0. The lowest BCUT2D eigenvalue weighted by Gasteiger charge is -2.13. The Morgan fingerprint density at radius 3 is 2.30 bits per heavy atom. The fourth-order valence-corrected chi connectivity index (χ4v) is 3.09. The summed E-state index contributed by atoms with van der Waals surface area (Å²) in [5.41, 5.74) is 6.44. The van der Waals surface area contributed by atoms with E-state index in [2.05, 4.69) is 9.98 Å². The molecule has 1 aromatic heterocycles. The number of hydrogen-bond acceptors (Lipinski definition) is 6. The van der Waals surface area contributed by atoms with Crippen molar-refractivity contribution in [3.05, 3.63) is 86.2 Å². The molecule has 4 N–H and O–H groups in total. The molecule has 10 nitrogen and oxygen atoms in total. The number of rotatable bonds is 8. The van der Waals surface area contributed by atoms with Gasteiger partial charge in [-0.2, -0.15) is 0 Å². The van der Waals surface area contributed by atoms with Gasteiger partial charge in [0.05, 0.1) is 24.9 Å². The Kier molecular flexibility index (Phi) is 7.29. The number of carbonyl (C=O) groups is 1. The number of nitrogens with one attached hydrogen (secondary N) is 1. The second-order valence-electron chi connectivity index (χ2n) is 7.94. The first kappa shape index (κ1) is 23.7. The molecule has 33 heavy (non-hydrogen) atoms. The van der Waals surface area contributed by atoms with Gasteiger partial charge in [0.25, 0.3) is 0 Å². The van der Waals surface area contributed by atoms with Crippen LogP contribution in [0.15, 0.2) is 63.1 Å². The zero-order valence-electron chi connectivity index (χ0n) is 18.7. The lowest BCUT2D eigenvalue weighted by molar-refractivity contribution is -0.138. The summed E-state index contributed by atoms with van der Waals surface area (Å²) in [5, 5.41) is 9.09. The van der Waals surface area contributed by atoms with E-state index >= 15 is 0 Å². The lowest BCUT2D eigenvalue weighted by atomic mass is 10.1. The van der Waals surface area contributed by atoms with Crippen LogP contribution in [0.1, 0.15) is 25.0 Å². The Bertz CT molecular complexity index is 1300. The third-order valence-electron chi connectivity index (χ3n) is 4.78. The maximum Gasteiger partial charge on any atom is 0.335 e. The minimum atomic E-state index is -1.41. The number of carboxylic acids is 1. The van der Waals surface area contributed by atoms with E-state index in [1.54, 1.807) is 24.3 Å². The number of H-pyrrole nitrogens is 1. The molecule has 0 amide bonds. The molecule has 174 valence electrons. The molecule has 1 atom stereocenters. The van der Waals surface area contributed by atoms with Gasteiger partial charge in [0.15, 0.2) is 0 Å². The highest BCUT2D eigenvalue weighted by Gasteiger charge is 2.17. The Morgan fingerprint density at radius 1 is 1.09 bits per heavy atom. The van der Waals surface area contributed by atoms with E-state index < -0.39 is 29.9 Å². The molecular weight excluding hydrogens is 426 g/mol. The highest BCUT2D eigenvalue weighted by Crippen LogP contribution is 2.18. The monoisotopic (exact) mass is 453 g/mol. The summed E-state index contributed by atoms with van der Waals surface area (Å²) in [7, 11) is 0. The van der Waals surface area contributed by atoms with E-state index in [-0.39, 0.29) is 18.3 Å². The van der Waals surface area contributed by atoms with Crippen molar-refractivity contribution in [3.63, 3.8) is 0 Å². The van der Waals surface area contributed by atoms with Crippen molar-refractivity contribution in [1.29, 1.82) is 0 Å². The van der Waals surface area contributed by atoms with Crippen LogP contribution in [-0.2, 0) is 17.9 Å². The van der Waals surface area contributed by atoms with Crippen LogP contribution in [-0.4, -0.2) is 37.3 Å². The number of carboxylic acid groups (broad SMARTS) is 1. The van der Waals surface area contributed by atoms with Crippen molar-refractivity contribution in [1.82, 2.24) is 14.1 Å². The summed E-state index contributed by atoms with van der Waals surface area (Å²) < 4.78 is 7.67. The summed E-state index contributed by atoms with van der Waals surface area (Å²) in [5.74, 6) is -0.646. The predicted molar refractivity (Wildman–Crippen MR) is 123 cm³/mol. The molecule has 1 heterocycles. The zero-order chi connectivity index (χ0) is 24.1. The van der Waals surface area contributed by atoms with Gasteiger partial charge in [-0.25, -0.2) is 19.1 Å². The zero-order valence-corrected chi connectivity index (χ0v) is 18.7. The second kappa shape index (κ2) is 10.1. The molecule has 0 bridgehead atoms. The van der Waals surface area contributed by atoms with Crippen molar-refractivity contribution in [2.45, 2.75) is 46.0 Å². The fourth-order valence-electron chi connectivity index (χ4n) is 3.09. The van der Waals surface area contributed by atoms with Crippen molar-refractivity contribution in [2.75, 3.05) is 0 Å².